The van der Waals surface area contributed by atoms with Crippen LogP contribution in [-0.4, -0.2) is 23.3 Å². The average Bonchev–Trinajstić information content (AvgIpc) is 2.92. The van der Waals surface area contributed by atoms with Crippen LogP contribution in [0.5, 0.6) is 5.75 Å². The van der Waals surface area contributed by atoms with E-state index in [2.05, 4.69) is 5.43 Å². The minimum atomic E-state index is -0.633. The lowest BCUT2D eigenvalue weighted by atomic mass is 10.1. The van der Waals surface area contributed by atoms with Gasteiger partial charge in [-0.2, -0.15) is 0 Å². The van der Waals surface area contributed by atoms with Crippen molar-refractivity contribution in [3.05, 3.63) is 68.7 Å². The molecular weight excluding hydrogens is 374 g/mol. The molecule has 1 saturated heterocycles. The summed E-state index contributed by atoms with van der Waals surface area (Å²) in [7, 11) is 0. The van der Waals surface area contributed by atoms with E-state index in [0.717, 1.165) is 5.01 Å². The standard InChI is InChI=1S/C18H14ClN3O5/c1-2-27-16-14(19)9-11(10-15(16)22(25)26)8-13-17(23)20-21(18(13)24)12-6-4-3-5-7-12/h3-10H,2H2,1H3,(H,20,23)/b13-8-. The van der Waals surface area contributed by atoms with Crippen molar-refractivity contribution in [2.75, 3.05) is 11.6 Å². The van der Waals surface area contributed by atoms with Gasteiger partial charge in [-0.25, -0.2) is 5.01 Å². The summed E-state index contributed by atoms with van der Waals surface area (Å²) < 4.78 is 5.22. The number of amides is 2. The van der Waals surface area contributed by atoms with E-state index in [0.29, 0.717) is 5.69 Å². The van der Waals surface area contributed by atoms with Crippen molar-refractivity contribution in [1.82, 2.24) is 5.43 Å². The molecule has 0 unspecified atom stereocenters. The van der Waals surface area contributed by atoms with Gasteiger partial charge in [0.15, 0.2) is 0 Å². The molecule has 1 fully saturated rings. The van der Waals surface area contributed by atoms with Gasteiger partial charge < -0.3 is 4.74 Å². The minimum absolute atomic E-state index is 0.0173. The average molecular weight is 388 g/mol. The second-order valence-electron chi connectivity index (χ2n) is 5.52. The molecule has 2 aromatic rings. The minimum Gasteiger partial charge on any atom is -0.486 e. The number of benzene rings is 2. The van der Waals surface area contributed by atoms with Gasteiger partial charge in [0.2, 0.25) is 5.75 Å². The highest BCUT2D eigenvalue weighted by atomic mass is 35.5. The summed E-state index contributed by atoms with van der Waals surface area (Å²) in [5, 5.41) is 12.4. The summed E-state index contributed by atoms with van der Waals surface area (Å²) in [6, 6.07) is 11.2. The van der Waals surface area contributed by atoms with Crippen molar-refractivity contribution in [3.63, 3.8) is 0 Å². The van der Waals surface area contributed by atoms with Gasteiger partial charge in [-0.15, -0.1) is 0 Å². The number of carbonyl (C=O) groups excluding carboxylic acids is 2. The fourth-order valence-electron chi connectivity index (χ4n) is 2.59. The van der Waals surface area contributed by atoms with Gasteiger partial charge in [-0.1, -0.05) is 29.8 Å². The molecule has 1 aliphatic rings. The van der Waals surface area contributed by atoms with E-state index in [9.17, 15) is 19.7 Å². The number of hydrazine groups is 1. The number of nitro groups is 1. The number of nitro benzene ring substituents is 1. The van der Waals surface area contributed by atoms with Crippen LogP contribution in [0.4, 0.5) is 11.4 Å². The summed E-state index contributed by atoms with van der Waals surface area (Å²) in [6.45, 7) is 1.88. The second kappa shape index (κ2) is 7.46. The molecule has 9 heteroatoms. The summed E-state index contributed by atoms with van der Waals surface area (Å²) >= 11 is 6.09. The lowest BCUT2D eigenvalue weighted by Gasteiger charge is -2.13. The van der Waals surface area contributed by atoms with Crippen molar-refractivity contribution in [2.45, 2.75) is 6.92 Å². The van der Waals surface area contributed by atoms with Crippen molar-refractivity contribution < 1.29 is 19.2 Å². The van der Waals surface area contributed by atoms with E-state index in [1.165, 1.54) is 18.2 Å². The number of ether oxygens (including phenoxy) is 1. The first-order valence-electron chi connectivity index (χ1n) is 7.95. The normalized spacial score (nSPS) is 15.2. The molecule has 2 amide bonds. The number of nitrogens with zero attached hydrogens (tertiary/aromatic N) is 2. The smallest absolute Gasteiger partial charge is 0.313 e. The van der Waals surface area contributed by atoms with Crippen LogP contribution in [0.2, 0.25) is 5.02 Å². The van der Waals surface area contributed by atoms with Gasteiger partial charge in [-0.3, -0.25) is 25.1 Å². The van der Waals surface area contributed by atoms with Gasteiger partial charge in [0, 0.05) is 6.07 Å². The molecule has 1 N–H and O–H groups in total. The number of rotatable bonds is 5. The highest BCUT2D eigenvalue weighted by molar-refractivity contribution is 6.33. The molecule has 1 heterocycles. The zero-order valence-electron chi connectivity index (χ0n) is 14.1. The van der Waals surface area contributed by atoms with Gasteiger partial charge in [-0.05, 0) is 36.8 Å². The van der Waals surface area contributed by atoms with E-state index in [-0.39, 0.29) is 34.2 Å². The molecule has 0 saturated carbocycles. The summed E-state index contributed by atoms with van der Waals surface area (Å²) in [5.74, 6) is -1.24. The number of anilines is 1. The molecule has 0 aliphatic carbocycles. The third-order valence-corrected chi connectivity index (χ3v) is 4.03. The fraction of sp³-hybridized carbons (Fsp3) is 0.111. The molecule has 1 aliphatic heterocycles. The van der Waals surface area contributed by atoms with Crippen LogP contribution in [0.25, 0.3) is 6.08 Å². The third-order valence-electron chi connectivity index (χ3n) is 3.75. The first kappa shape index (κ1) is 18.4. The zero-order chi connectivity index (χ0) is 19.6. The molecule has 138 valence electrons. The van der Waals surface area contributed by atoms with Crippen molar-refractivity contribution >= 4 is 40.9 Å². The number of nitrogens with one attached hydrogen (secondary N) is 1. The molecule has 2 aromatic carbocycles. The van der Waals surface area contributed by atoms with Crippen LogP contribution in [0, 0.1) is 10.1 Å². The number of hydrogen-bond donors (Lipinski definition) is 1. The van der Waals surface area contributed by atoms with Crippen LogP contribution in [0.3, 0.4) is 0 Å². The lowest BCUT2D eigenvalue weighted by Crippen LogP contribution is -2.35. The number of carbonyl (C=O) groups is 2. The Kier molecular flexibility index (Phi) is 5.09. The first-order chi connectivity index (χ1) is 12.9. The van der Waals surface area contributed by atoms with E-state index in [1.807, 2.05) is 0 Å². The second-order valence-corrected chi connectivity index (χ2v) is 5.92. The van der Waals surface area contributed by atoms with E-state index < -0.39 is 16.7 Å². The molecule has 0 aromatic heterocycles. The van der Waals surface area contributed by atoms with Gasteiger partial charge in [0.05, 0.1) is 22.2 Å². The molecule has 0 bridgehead atoms. The lowest BCUT2D eigenvalue weighted by molar-refractivity contribution is -0.385. The number of hydrogen-bond acceptors (Lipinski definition) is 5. The van der Waals surface area contributed by atoms with E-state index in [1.54, 1.807) is 37.3 Å². The number of halogens is 1. The van der Waals surface area contributed by atoms with Gasteiger partial charge in [0.1, 0.15) is 5.57 Å². The SMILES string of the molecule is CCOc1c(Cl)cc(/C=C2/C(=O)NN(c3ccccc3)C2=O)cc1[N+](=O)[O-]. The Hall–Kier alpha value is -3.39. The van der Waals surface area contributed by atoms with Crippen LogP contribution in [0.15, 0.2) is 48.0 Å². The monoisotopic (exact) mass is 387 g/mol. The Bertz CT molecular complexity index is 959. The zero-order valence-corrected chi connectivity index (χ0v) is 14.9. The molecule has 0 spiro atoms. The van der Waals surface area contributed by atoms with Crippen LogP contribution >= 0.6 is 11.6 Å². The maximum absolute atomic E-state index is 12.6. The topological polar surface area (TPSA) is 102 Å². The van der Waals surface area contributed by atoms with Crippen LogP contribution < -0.4 is 15.2 Å². The molecule has 0 radical (unpaired) electrons. The Morgan fingerprint density at radius 1 is 1.26 bits per heavy atom. The predicted octanol–water partition coefficient (Wildman–Crippen LogP) is 3.11. The summed E-state index contributed by atoms with van der Waals surface area (Å²) in [6.07, 6.45) is 1.26. The fourth-order valence-corrected chi connectivity index (χ4v) is 2.87. The Morgan fingerprint density at radius 2 is 1.96 bits per heavy atom. The van der Waals surface area contributed by atoms with Gasteiger partial charge in [0.25, 0.3) is 11.8 Å². The molecule has 3 rings (SSSR count). The highest BCUT2D eigenvalue weighted by Crippen LogP contribution is 2.37. The molecule has 27 heavy (non-hydrogen) atoms. The van der Waals surface area contributed by atoms with Crippen LogP contribution in [-0.2, 0) is 9.59 Å². The van der Waals surface area contributed by atoms with Crippen molar-refractivity contribution in [1.29, 1.82) is 0 Å². The third kappa shape index (κ3) is 3.61. The van der Waals surface area contributed by atoms with Crippen LogP contribution in [0.1, 0.15) is 12.5 Å². The van der Waals surface area contributed by atoms with E-state index in [4.69, 9.17) is 16.3 Å². The maximum atomic E-state index is 12.6. The first-order valence-corrected chi connectivity index (χ1v) is 8.33. The molecule has 8 nitrogen and oxygen atoms in total. The Morgan fingerprint density at radius 3 is 2.59 bits per heavy atom. The maximum Gasteiger partial charge on any atom is 0.313 e. The van der Waals surface area contributed by atoms with Gasteiger partial charge >= 0.3 is 5.69 Å². The van der Waals surface area contributed by atoms with Crippen molar-refractivity contribution in [2.24, 2.45) is 0 Å². The Labute approximate surface area is 159 Å². The van der Waals surface area contributed by atoms with E-state index >= 15 is 0 Å². The largest absolute Gasteiger partial charge is 0.486 e. The highest BCUT2D eigenvalue weighted by Gasteiger charge is 2.34. The Balaban J connectivity index is 2.00. The quantitative estimate of drug-likeness (QED) is 0.367. The van der Waals surface area contributed by atoms with Crippen molar-refractivity contribution in [3.8, 4) is 5.75 Å². The number of para-hydroxylation sites is 1. The summed E-state index contributed by atoms with van der Waals surface area (Å²) in [4.78, 5) is 35.5. The molecular formula is C18H14ClN3O5. The summed E-state index contributed by atoms with van der Waals surface area (Å²) in [5.41, 5.74) is 2.69. The predicted molar refractivity (Wildman–Crippen MR) is 99.3 cm³/mol. The molecule has 0 atom stereocenters.